The zero-order valence-electron chi connectivity index (χ0n) is 35.4. The van der Waals surface area contributed by atoms with Crippen molar-refractivity contribution >= 4 is 0 Å². The monoisotopic (exact) mass is 761 g/mol. The van der Waals surface area contributed by atoms with E-state index in [2.05, 4.69) is 41.0 Å². The number of rotatable bonds is 36. The van der Waals surface area contributed by atoms with Crippen molar-refractivity contribution in [2.45, 2.75) is 266 Å². The van der Waals surface area contributed by atoms with Crippen LogP contribution in [0.3, 0.4) is 0 Å². The summed E-state index contributed by atoms with van der Waals surface area (Å²) in [6.45, 7) is 12.1. The average Bonchev–Trinajstić information content (AvgIpc) is 3.08. The van der Waals surface area contributed by atoms with E-state index >= 15 is 0 Å². The molecule has 0 aromatic carbocycles. The quantitative estimate of drug-likeness (QED) is 0.0441. The van der Waals surface area contributed by atoms with Gasteiger partial charge in [-0.05, 0) is 0 Å². The zero-order chi connectivity index (χ0) is 34.0. The van der Waals surface area contributed by atoms with Crippen LogP contribution in [0.25, 0.3) is 0 Å². The van der Waals surface area contributed by atoms with Crippen molar-refractivity contribution in [3.8, 4) is 0 Å². The van der Waals surface area contributed by atoms with Gasteiger partial charge in [0.05, 0.1) is 0 Å². The molecule has 0 nitrogen and oxygen atoms in total. The standard InChI is InChI=1S/C47H92.CH3.Y/c1-6-10-12-14-16-18-20-22-24-26-28-30-32-34-37-44(47(36-8-3)46(9-4)45-41-39-43(5)40-42-45)38-35-33-31-29-27-25-23-21-19-17-15-13-11-7-2;;/h41,43,45-47H,6-40,42H2,1-5H3;1H3;/q-2;-1;+3. The van der Waals surface area contributed by atoms with E-state index < -0.39 is 0 Å². The molecule has 49 heavy (non-hydrogen) atoms. The average molecular weight is 761 g/mol. The van der Waals surface area contributed by atoms with Crippen LogP contribution < -0.4 is 0 Å². The molecule has 0 N–H and O–H groups in total. The molecule has 0 amide bonds. The third-order valence-electron chi connectivity index (χ3n) is 12.2. The Labute approximate surface area is 339 Å². The molecule has 1 fully saturated rings. The third kappa shape index (κ3) is 30.2. The van der Waals surface area contributed by atoms with Gasteiger partial charge in [-0.25, -0.2) is 0 Å². The molecule has 1 saturated carbocycles. The van der Waals surface area contributed by atoms with Crippen molar-refractivity contribution in [1.82, 2.24) is 0 Å². The summed E-state index contributed by atoms with van der Waals surface area (Å²) in [7, 11) is 0. The van der Waals surface area contributed by atoms with Gasteiger partial charge in [-0.2, -0.15) is 31.1 Å². The van der Waals surface area contributed by atoms with E-state index in [-0.39, 0.29) is 40.1 Å². The molecule has 0 heterocycles. The van der Waals surface area contributed by atoms with Crippen molar-refractivity contribution < 1.29 is 32.7 Å². The Morgan fingerprint density at radius 1 is 0.490 bits per heavy atom. The van der Waals surface area contributed by atoms with Gasteiger partial charge < -0.3 is 19.8 Å². The van der Waals surface area contributed by atoms with Gasteiger partial charge in [0.15, 0.2) is 0 Å². The first-order valence-electron chi connectivity index (χ1n) is 22.9. The third-order valence-corrected chi connectivity index (χ3v) is 12.2. The first-order chi connectivity index (χ1) is 23.2. The van der Waals surface area contributed by atoms with Gasteiger partial charge in [0.2, 0.25) is 0 Å². The predicted octanol–water partition coefficient (Wildman–Crippen LogP) is 17.8. The second-order valence-corrected chi connectivity index (χ2v) is 16.6. The molecular weight excluding hydrogens is 665 g/mol. The van der Waals surface area contributed by atoms with Crippen molar-refractivity contribution in [3.05, 3.63) is 19.8 Å². The molecule has 0 aromatic heterocycles. The molecular formula is C48H95Y. The van der Waals surface area contributed by atoms with E-state index in [1.54, 1.807) is 0 Å². The van der Waals surface area contributed by atoms with Gasteiger partial charge in [0.25, 0.3) is 0 Å². The van der Waals surface area contributed by atoms with E-state index in [9.17, 15) is 0 Å². The molecule has 1 aliphatic rings. The first-order valence-corrected chi connectivity index (χ1v) is 22.9. The summed E-state index contributed by atoms with van der Waals surface area (Å²) in [4.78, 5) is 0. The fraction of sp³-hybridized carbons (Fsp3) is 0.938. The van der Waals surface area contributed by atoms with E-state index in [1.807, 2.05) is 5.92 Å². The second-order valence-electron chi connectivity index (χ2n) is 16.6. The minimum absolute atomic E-state index is 0. The van der Waals surface area contributed by atoms with Crippen LogP contribution in [-0.4, -0.2) is 0 Å². The topological polar surface area (TPSA) is 0 Å². The van der Waals surface area contributed by atoms with Crippen LogP contribution in [0.15, 0.2) is 0 Å². The van der Waals surface area contributed by atoms with Gasteiger partial charge >= 0.3 is 32.7 Å². The summed E-state index contributed by atoms with van der Waals surface area (Å²) in [5.74, 6) is 5.63. The van der Waals surface area contributed by atoms with Gasteiger partial charge in [-0.15, -0.1) is 0 Å². The molecule has 0 saturated heterocycles. The Hall–Kier alpha value is 1.10. The molecule has 0 radical (unpaired) electrons. The van der Waals surface area contributed by atoms with Crippen LogP contribution in [0.2, 0.25) is 0 Å². The molecule has 1 heteroatoms. The Morgan fingerprint density at radius 2 is 0.837 bits per heavy atom. The maximum absolute atomic E-state index is 2.78. The van der Waals surface area contributed by atoms with Crippen LogP contribution in [0, 0.1) is 43.4 Å². The Bertz CT molecular complexity index is 560. The molecule has 290 valence electrons. The summed E-state index contributed by atoms with van der Waals surface area (Å²) in [5, 5.41) is 0. The van der Waals surface area contributed by atoms with E-state index in [0.29, 0.717) is 0 Å². The molecule has 1 rings (SSSR count). The molecule has 0 aliphatic heterocycles. The smallest absolute Gasteiger partial charge is 0.358 e. The van der Waals surface area contributed by atoms with Crippen molar-refractivity contribution in [2.75, 3.05) is 0 Å². The molecule has 4 unspecified atom stereocenters. The normalized spacial score (nSPS) is 17.5. The van der Waals surface area contributed by atoms with Gasteiger partial charge in [-0.3, -0.25) is 0 Å². The maximum Gasteiger partial charge on any atom is 3.00 e. The fourth-order valence-corrected chi connectivity index (χ4v) is 9.02. The minimum Gasteiger partial charge on any atom is -0.358 e. The van der Waals surface area contributed by atoms with Crippen LogP contribution in [0.4, 0.5) is 0 Å². The number of unbranched alkanes of at least 4 members (excludes halogenated alkanes) is 26. The Balaban J connectivity index is 0. The van der Waals surface area contributed by atoms with Crippen LogP contribution in [-0.2, 0) is 32.7 Å². The van der Waals surface area contributed by atoms with Crippen molar-refractivity contribution in [2.24, 2.45) is 23.7 Å². The summed E-state index contributed by atoms with van der Waals surface area (Å²) in [5.41, 5.74) is 0. The van der Waals surface area contributed by atoms with Gasteiger partial charge in [0, 0.05) is 0 Å². The predicted molar refractivity (Wildman–Crippen MR) is 222 cm³/mol. The number of hydrogen-bond acceptors (Lipinski definition) is 0. The summed E-state index contributed by atoms with van der Waals surface area (Å²) in [6.07, 6.45) is 55.3. The van der Waals surface area contributed by atoms with Crippen LogP contribution in [0.5, 0.6) is 0 Å². The van der Waals surface area contributed by atoms with Crippen LogP contribution in [0.1, 0.15) is 266 Å². The zero-order valence-corrected chi connectivity index (χ0v) is 38.3. The molecule has 0 bridgehead atoms. The number of hydrogen-bond donors (Lipinski definition) is 0. The van der Waals surface area contributed by atoms with Gasteiger partial charge in [-0.1, -0.05) is 258 Å². The van der Waals surface area contributed by atoms with Crippen LogP contribution >= 0.6 is 0 Å². The van der Waals surface area contributed by atoms with Gasteiger partial charge in [0.1, 0.15) is 0 Å². The molecule has 0 aromatic rings. The molecule has 0 spiro atoms. The maximum atomic E-state index is 2.78. The SMILES string of the molecule is CCCCCCCCCCCCCCCC[C-](CCCCCCCCCCCCCCCC)C(CCC)C(CC)C1[CH-]CC(C)CC1.[CH3-].[Y+3]. The molecule has 4 atom stereocenters. The molecule has 1 aliphatic carbocycles. The van der Waals surface area contributed by atoms with Crippen molar-refractivity contribution in [3.63, 3.8) is 0 Å². The minimum atomic E-state index is 0. The summed E-state index contributed by atoms with van der Waals surface area (Å²) >= 11 is 0. The Kier molecular flexibility index (Phi) is 42.9. The summed E-state index contributed by atoms with van der Waals surface area (Å²) in [6, 6.07) is 0. The fourth-order valence-electron chi connectivity index (χ4n) is 9.02. The van der Waals surface area contributed by atoms with Crippen molar-refractivity contribution in [1.29, 1.82) is 0 Å². The van der Waals surface area contributed by atoms with E-state index in [0.717, 1.165) is 23.7 Å². The summed E-state index contributed by atoms with van der Waals surface area (Å²) < 4.78 is 0. The van der Waals surface area contributed by atoms with E-state index in [4.69, 9.17) is 0 Å². The Morgan fingerprint density at radius 3 is 1.12 bits per heavy atom. The first kappa shape index (κ1) is 52.2. The largest absolute Gasteiger partial charge is 3.00 e. The van der Waals surface area contributed by atoms with E-state index in [1.165, 1.54) is 231 Å². The second kappa shape index (κ2) is 40.3.